The molecule has 0 spiro atoms. The molecule has 2 rings (SSSR count). The molecule has 4 nitrogen and oxygen atoms in total. The molecule has 0 saturated heterocycles. The van der Waals surface area contributed by atoms with Crippen molar-refractivity contribution in [2.24, 2.45) is 0 Å². The fraction of sp³-hybridized carbons (Fsp3) is 0.154. The van der Waals surface area contributed by atoms with E-state index in [1.807, 2.05) is 0 Å². The van der Waals surface area contributed by atoms with Gasteiger partial charge >= 0.3 is 0 Å². The summed E-state index contributed by atoms with van der Waals surface area (Å²) in [6, 6.07) is 6.35. The Kier molecular flexibility index (Phi) is 3.67. The summed E-state index contributed by atoms with van der Waals surface area (Å²) in [4.78, 5) is 18.4. The molecule has 0 aliphatic rings. The highest BCUT2D eigenvalue weighted by Gasteiger charge is 2.18. The lowest BCUT2D eigenvalue weighted by molar-refractivity contribution is 0.629. The van der Waals surface area contributed by atoms with Gasteiger partial charge in [-0.05, 0) is 24.8 Å². The van der Waals surface area contributed by atoms with Crippen molar-refractivity contribution in [1.82, 2.24) is 9.97 Å². The van der Waals surface area contributed by atoms with Crippen molar-refractivity contribution in [2.75, 3.05) is 6.26 Å². The number of halogens is 1. The number of aromatic amines is 1. The van der Waals surface area contributed by atoms with E-state index in [0.29, 0.717) is 10.7 Å². The molecule has 0 radical (unpaired) electrons. The minimum atomic E-state index is -0.556. The summed E-state index contributed by atoms with van der Waals surface area (Å²) in [5.41, 5.74) is 0.179. The van der Waals surface area contributed by atoms with E-state index in [1.54, 1.807) is 31.4 Å². The van der Waals surface area contributed by atoms with Gasteiger partial charge < -0.3 is 4.98 Å². The zero-order valence-corrected chi connectivity index (χ0v) is 11.1. The van der Waals surface area contributed by atoms with Crippen LogP contribution in [-0.2, 0) is 0 Å². The summed E-state index contributed by atoms with van der Waals surface area (Å²) in [7, 11) is 0. The summed E-state index contributed by atoms with van der Waals surface area (Å²) < 4.78 is 14.0. The molecule has 1 aromatic carbocycles. The summed E-state index contributed by atoms with van der Waals surface area (Å²) in [5.74, 6) is -0.498. The molecular formula is C13H10FN3OS. The van der Waals surface area contributed by atoms with Crippen LogP contribution < -0.4 is 5.56 Å². The van der Waals surface area contributed by atoms with Crippen LogP contribution >= 0.6 is 11.8 Å². The molecule has 1 aromatic heterocycles. The van der Waals surface area contributed by atoms with Gasteiger partial charge in [-0.15, -0.1) is 0 Å². The van der Waals surface area contributed by atoms with Gasteiger partial charge in [0.15, 0.2) is 5.16 Å². The van der Waals surface area contributed by atoms with Crippen molar-refractivity contribution in [1.29, 1.82) is 5.26 Å². The van der Waals surface area contributed by atoms with Gasteiger partial charge in [0, 0.05) is 5.56 Å². The van der Waals surface area contributed by atoms with Gasteiger partial charge in [-0.3, -0.25) is 4.79 Å². The largest absolute Gasteiger partial charge is 0.300 e. The Morgan fingerprint density at radius 3 is 2.79 bits per heavy atom. The molecule has 0 aliphatic carbocycles. The predicted molar refractivity (Wildman–Crippen MR) is 71.5 cm³/mol. The van der Waals surface area contributed by atoms with Gasteiger partial charge in [0.2, 0.25) is 0 Å². The molecule has 0 unspecified atom stereocenters. The van der Waals surface area contributed by atoms with Crippen molar-refractivity contribution < 1.29 is 4.39 Å². The second kappa shape index (κ2) is 5.24. The topological polar surface area (TPSA) is 69.5 Å². The molecular weight excluding hydrogens is 265 g/mol. The number of benzene rings is 1. The highest BCUT2D eigenvalue weighted by molar-refractivity contribution is 7.98. The second-order valence-corrected chi connectivity index (χ2v) is 4.64. The minimum absolute atomic E-state index is 0.0891. The van der Waals surface area contributed by atoms with Crippen LogP contribution in [0, 0.1) is 24.1 Å². The van der Waals surface area contributed by atoms with Crippen LogP contribution in [0.2, 0.25) is 0 Å². The third kappa shape index (κ3) is 2.37. The van der Waals surface area contributed by atoms with E-state index in [-0.39, 0.29) is 16.8 Å². The number of hydrogen-bond acceptors (Lipinski definition) is 4. The maximum absolute atomic E-state index is 14.0. The molecule has 0 bridgehead atoms. The fourth-order valence-electron chi connectivity index (χ4n) is 1.77. The van der Waals surface area contributed by atoms with Gasteiger partial charge in [-0.2, -0.15) is 5.26 Å². The first-order valence-corrected chi connectivity index (χ1v) is 6.65. The predicted octanol–water partition coefficient (Wildman–Crippen LogP) is 2.48. The van der Waals surface area contributed by atoms with Crippen LogP contribution in [0.15, 0.2) is 28.2 Å². The summed E-state index contributed by atoms with van der Waals surface area (Å²) in [5, 5.41) is 9.42. The van der Waals surface area contributed by atoms with Crippen LogP contribution in [0.3, 0.4) is 0 Å². The average Bonchev–Trinajstić information content (AvgIpc) is 2.38. The lowest BCUT2D eigenvalue weighted by atomic mass is 10.0. The van der Waals surface area contributed by atoms with Gasteiger partial charge in [0.05, 0.1) is 5.69 Å². The molecule has 96 valence electrons. The third-order valence-corrected chi connectivity index (χ3v) is 3.24. The second-order valence-electron chi connectivity index (χ2n) is 3.84. The van der Waals surface area contributed by atoms with Gasteiger partial charge in [0.25, 0.3) is 5.56 Å². The number of H-pyrrole nitrogens is 1. The molecule has 0 amide bonds. The van der Waals surface area contributed by atoms with Crippen molar-refractivity contribution in [3.63, 3.8) is 0 Å². The number of nitrogens with zero attached hydrogens (tertiary/aromatic N) is 2. The first-order valence-electron chi connectivity index (χ1n) is 5.42. The van der Waals surface area contributed by atoms with E-state index in [9.17, 15) is 9.18 Å². The number of rotatable bonds is 2. The molecule has 0 aliphatic heterocycles. The molecule has 0 atom stereocenters. The van der Waals surface area contributed by atoms with E-state index < -0.39 is 11.4 Å². The van der Waals surface area contributed by atoms with Crippen LogP contribution in [-0.4, -0.2) is 16.2 Å². The standard InChI is InChI=1S/C13H10FN3OS/c1-7-4-3-5-9(14)10(7)11-8(6-15)12(18)17-13(16-11)19-2/h3-5H,1-2H3,(H,16,17,18). The molecule has 0 saturated carbocycles. The lowest BCUT2D eigenvalue weighted by Crippen LogP contribution is -2.15. The van der Waals surface area contributed by atoms with E-state index in [4.69, 9.17) is 5.26 Å². The Morgan fingerprint density at radius 1 is 1.47 bits per heavy atom. The fourth-order valence-corrected chi connectivity index (χ4v) is 2.14. The highest BCUT2D eigenvalue weighted by Crippen LogP contribution is 2.27. The number of aryl methyl sites for hydroxylation is 1. The van der Waals surface area contributed by atoms with E-state index >= 15 is 0 Å². The normalized spacial score (nSPS) is 10.2. The SMILES string of the molecule is CSc1nc(-c2c(C)cccc2F)c(C#N)c(=O)[nH]1. The molecule has 0 fully saturated rings. The quantitative estimate of drug-likeness (QED) is 0.675. The minimum Gasteiger partial charge on any atom is -0.300 e. The molecule has 19 heavy (non-hydrogen) atoms. The Hall–Kier alpha value is -2.13. The lowest BCUT2D eigenvalue weighted by Gasteiger charge is -2.08. The summed E-state index contributed by atoms with van der Waals surface area (Å²) in [6.45, 7) is 1.71. The maximum Gasteiger partial charge on any atom is 0.270 e. The molecule has 1 heterocycles. The number of nitriles is 1. The Bertz CT molecular complexity index is 713. The van der Waals surface area contributed by atoms with E-state index in [1.165, 1.54) is 17.8 Å². The third-order valence-electron chi connectivity index (χ3n) is 2.66. The van der Waals surface area contributed by atoms with E-state index in [2.05, 4.69) is 9.97 Å². The van der Waals surface area contributed by atoms with Crippen LogP contribution in [0.5, 0.6) is 0 Å². The summed E-state index contributed by atoms with van der Waals surface area (Å²) in [6.07, 6.45) is 1.74. The number of aromatic nitrogens is 2. The molecule has 2 aromatic rings. The average molecular weight is 275 g/mol. The van der Waals surface area contributed by atoms with Crippen LogP contribution in [0.4, 0.5) is 4.39 Å². The van der Waals surface area contributed by atoms with Gasteiger partial charge in [0.1, 0.15) is 17.4 Å². The van der Waals surface area contributed by atoms with Crippen molar-refractivity contribution in [2.45, 2.75) is 12.1 Å². The van der Waals surface area contributed by atoms with Crippen molar-refractivity contribution >= 4 is 11.8 Å². The smallest absolute Gasteiger partial charge is 0.270 e. The maximum atomic E-state index is 14.0. The highest BCUT2D eigenvalue weighted by atomic mass is 32.2. The molecule has 6 heteroatoms. The van der Waals surface area contributed by atoms with Gasteiger partial charge in [-0.25, -0.2) is 9.37 Å². The van der Waals surface area contributed by atoms with E-state index in [0.717, 1.165) is 0 Å². The zero-order chi connectivity index (χ0) is 14.0. The first kappa shape index (κ1) is 13.3. The Morgan fingerprint density at radius 2 is 2.21 bits per heavy atom. The Labute approximate surface area is 113 Å². The van der Waals surface area contributed by atoms with Crippen LogP contribution in [0.25, 0.3) is 11.3 Å². The Balaban J connectivity index is 2.86. The number of nitrogens with one attached hydrogen (secondary N) is 1. The monoisotopic (exact) mass is 275 g/mol. The first-order chi connectivity index (χ1) is 9.08. The van der Waals surface area contributed by atoms with Crippen LogP contribution in [0.1, 0.15) is 11.1 Å². The van der Waals surface area contributed by atoms with Crippen molar-refractivity contribution in [3.05, 3.63) is 45.5 Å². The van der Waals surface area contributed by atoms with Gasteiger partial charge in [-0.1, -0.05) is 23.9 Å². The zero-order valence-electron chi connectivity index (χ0n) is 10.3. The molecule has 1 N–H and O–H groups in total. The number of thioether (sulfide) groups is 1. The van der Waals surface area contributed by atoms with Crippen molar-refractivity contribution in [3.8, 4) is 17.3 Å². The number of hydrogen-bond donors (Lipinski definition) is 1. The summed E-state index contributed by atoms with van der Waals surface area (Å²) >= 11 is 1.22.